The van der Waals surface area contributed by atoms with Gasteiger partial charge in [-0.25, -0.2) is 0 Å². The fraction of sp³-hybridized carbons (Fsp3) is 0.933. The number of amides is 1. The molecule has 122 valence electrons. The summed E-state index contributed by atoms with van der Waals surface area (Å²) in [6.07, 6.45) is 5.58. The maximum Gasteiger partial charge on any atom is 0.220 e. The van der Waals surface area contributed by atoms with Crippen molar-refractivity contribution in [1.29, 1.82) is 0 Å². The van der Waals surface area contributed by atoms with Crippen molar-refractivity contribution in [3.05, 3.63) is 0 Å². The molecule has 21 heavy (non-hydrogen) atoms. The van der Waals surface area contributed by atoms with Crippen molar-refractivity contribution in [2.24, 2.45) is 0 Å². The Morgan fingerprint density at radius 2 is 2.05 bits per heavy atom. The van der Waals surface area contributed by atoms with Crippen molar-refractivity contribution in [1.82, 2.24) is 15.1 Å². The van der Waals surface area contributed by atoms with E-state index in [1.807, 2.05) is 21.6 Å². The Bertz CT molecular complexity index is 303. The molecule has 0 radical (unpaired) electrons. The number of rotatable bonds is 8. The Hall–Kier alpha value is 0.0900. The minimum absolute atomic E-state index is 0.234. The number of hydrogen-bond donors (Lipinski definition) is 1. The van der Waals surface area contributed by atoms with E-state index in [1.165, 1.54) is 25.0 Å². The predicted molar refractivity (Wildman–Crippen MR) is 93.9 cm³/mol. The molecule has 0 aromatic carbocycles. The minimum atomic E-state index is 0.234. The maximum atomic E-state index is 11.8. The van der Waals surface area contributed by atoms with Crippen LogP contribution >= 0.6 is 21.6 Å². The van der Waals surface area contributed by atoms with Crippen molar-refractivity contribution in [2.75, 3.05) is 52.1 Å². The third-order valence-corrected chi connectivity index (χ3v) is 7.26. The smallest absolute Gasteiger partial charge is 0.220 e. The van der Waals surface area contributed by atoms with Crippen LogP contribution in [0.5, 0.6) is 0 Å². The van der Waals surface area contributed by atoms with Crippen LogP contribution < -0.4 is 5.32 Å². The van der Waals surface area contributed by atoms with Gasteiger partial charge in [-0.3, -0.25) is 9.69 Å². The van der Waals surface area contributed by atoms with E-state index in [2.05, 4.69) is 22.2 Å². The van der Waals surface area contributed by atoms with E-state index in [0.29, 0.717) is 6.42 Å². The van der Waals surface area contributed by atoms with Gasteiger partial charge < -0.3 is 10.2 Å². The first-order valence-electron chi connectivity index (χ1n) is 8.20. The summed E-state index contributed by atoms with van der Waals surface area (Å²) in [6, 6.07) is 0. The molecule has 0 unspecified atom stereocenters. The highest BCUT2D eigenvalue weighted by Gasteiger charge is 2.16. The third kappa shape index (κ3) is 7.26. The van der Waals surface area contributed by atoms with Gasteiger partial charge in [0.2, 0.25) is 5.91 Å². The monoisotopic (exact) mass is 331 g/mol. The molecular weight excluding hydrogens is 302 g/mol. The second-order valence-electron chi connectivity index (χ2n) is 6.07. The van der Waals surface area contributed by atoms with Crippen LogP contribution in [0.25, 0.3) is 0 Å². The van der Waals surface area contributed by atoms with E-state index in [9.17, 15) is 4.79 Å². The summed E-state index contributed by atoms with van der Waals surface area (Å²) in [6.45, 7) is 6.34. The largest absolute Gasteiger partial charge is 0.355 e. The highest BCUT2D eigenvalue weighted by molar-refractivity contribution is 8.77. The Balaban J connectivity index is 1.42. The molecule has 2 heterocycles. The zero-order chi connectivity index (χ0) is 14.9. The average molecular weight is 332 g/mol. The first-order valence-corrected chi connectivity index (χ1v) is 10.6. The number of nitrogens with one attached hydrogen (secondary N) is 1. The van der Waals surface area contributed by atoms with E-state index in [-0.39, 0.29) is 5.91 Å². The minimum Gasteiger partial charge on any atom is -0.355 e. The molecule has 4 nitrogen and oxygen atoms in total. The fourth-order valence-corrected chi connectivity index (χ4v) is 5.76. The van der Waals surface area contributed by atoms with Gasteiger partial charge in [-0.05, 0) is 26.3 Å². The van der Waals surface area contributed by atoms with Gasteiger partial charge in [-0.15, -0.1) is 0 Å². The van der Waals surface area contributed by atoms with Crippen LogP contribution in [0.4, 0.5) is 0 Å². The molecule has 0 spiro atoms. The number of carbonyl (C=O) groups is 1. The molecule has 2 saturated heterocycles. The number of likely N-dealkylation sites (N-methyl/N-ethyl adjacent to an activating group) is 1. The standard InChI is InChI=1S/C15H29N3OS2/c1-17-9-11-18(12-10-17)8-7-16-15(19)5-3-2-4-14-6-13-20-21-14/h14H,2-13H2,1H3,(H,16,19)/t14-/m1/s1. The Kier molecular flexibility index (Phi) is 8.29. The zero-order valence-corrected chi connectivity index (χ0v) is 14.8. The summed E-state index contributed by atoms with van der Waals surface area (Å²) in [7, 11) is 6.21. The molecule has 1 amide bonds. The number of unbranched alkanes of at least 4 members (excludes halogenated alkanes) is 1. The molecule has 1 N–H and O–H groups in total. The van der Waals surface area contributed by atoms with Crippen LogP contribution in [0, 0.1) is 0 Å². The lowest BCUT2D eigenvalue weighted by Gasteiger charge is -2.32. The van der Waals surface area contributed by atoms with Gasteiger partial charge in [0.05, 0.1) is 0 Å². The first-order chi connectivity index (χ1) is 10.2. The molecule has 0 aromatic rings. The van der Waals surface area contributed by atoms with Crippen molar-refractivity contribution < 1.29 is 4.79 Å². The molecular formula is C15H29N3OS2. The van der Waals surface area contributed by atoms with Gasteiger partial charge >= 0.3 is 0 Å². The molecule has 1 atom stereocenters. The van der Waals surface area contributed by atoms with Crippen molar-refractivity contribution in [2.45, 2.75) is 37.4 Å². The van der Waals surface area contributed by atoms with Gasteiger partial charge in [0.15, 0.2) is 0 Å². The Morgan fingerprint density at radius 3 is 2.76 bits per heavy atom. The molecule has 6 heteroatoms. The third-order valence-electron chi connectivity index (χ3n) is 4.25. The van der Waals surface area contributed by atoms with Crippen LogP contribution in [-0.4, -0.2) is 73.0 Å². The molecule has 2 fully saturated rings. The molecule has 0 aromatic heterocycles. The van der Waals surface area contributed by atoms with Gasteiger partial charge in [0.25, 0.3) is 0 Å². The summed E-state index contributed by atoms with van der Waals surface area (Å²) < 4.78 is 0. The van der Waals surface area contributed by atoms with E-state index >= 15 is 0 Å². The summed E-state index contributed by atoms with van der Waals surface area (Å²) in [5.74, 6) is 1.54. The lowest BCUT2D eigenvalue weighted by atomic mass is 10.1. The lowest BCUT2D eigenvalue weighted by Crippen LogP contribution is -2.46. The first kappa shape index (κ1) is 17.4. The number of nitrogens with zero attached hydrogens (tertiary/aromatic N) is 2. The summed E-state index contributed by atoms with van der Waals surface area (Å²) in [5, 5.41) is 3.91. The fourth-order valence-electron chi connectivity index (χ4n) is 2.74. The van der Waals surface area contributed by atoms with Crippen LogP contribution in [-0.2, 0) is 4.79 Å². The average Bonchev–Trinajstić information content (AvgIpc) is 2.99. The van der Waals surface area contributed by atoms with Gasteiger partial charge in [0, 0.05) is 56.7 Å². The van der Waals surface area contributed by atoms with Gasteiger partial charge in [-0.1, -0.05) is 28.0 Å². The maximum absolute atomic E-state index is 11.8. The van der Waals surface area contributed by atoms with Crippen LogP contribution in [0.3, 0.4) is 0 Å². The summed E-state index contributed by atoms with van der Waals surface area (Å²) in [4.78, 5) is 16.6. The van der Waals surface area contributed by atoms with Crippen molar-refractivity contribution in [3.8, 4) is 0 Å². The SMILES string of the molecule is CN1CCN(CCNC(=O)CCCC[C@@H]2CCSS2)CC1. The van der Waals surface area contributed by atoms with Crippen molar-refractivity contribution >= 4 is 27.5 Å². The number of piperazine rings is 1. The normalized spacial score (nSPS) is 24.3. The summed E-state index contributed by atoms with van der Waals surface area (Å²) >= 11 is 0. The Labute approximate surface area is 137 Å². The Morgan fingerprint density at radius 1 is 1.24 bits per heavy atom. The molecule has 0 saturated carbocycles. The second kappa shape index (κ2) is 9.98. The second-order valence-corrected chi connectivity index (χ2v) is 8.86. The van der Waals surface area contributed by atoms with Gasteiger partial charge in [-0.2, -0.15) is 0 Å². The van der Waals surface area contributed by atoms with E-state index in [4.69, 9.17) is 0 Å². The highest BCUT2D eigenvalue weighted by Crippen LogP contribution is 2.39. The number of carbonyl (C=O) groups excluding carboxylic acids is 1. The molecule has 0 bridgehead atoms. The zero-order valence-electron chi connectivity index (χ0n) is 13.2. The molecule has 2 aliphatic heterocycles. The quantitative estimate of drug-likeness (QED) is 0.544. The number of hydrogen-bond acceptors (Lipinski definition) is 5. The molecule has 2 rings (SSSR count). The lowest BCUT2D eigenvalue weighted by molar-refractivity contribution is -0.121. The van der Waals surface area contributed by atoms with E-state index in [0.717, 1.165) is 50.9 Å². The van der Waals surface area contributed by atoms with Gasteiger partial charge in [0.1, 0.15) is 0 Å². The summed E-state index contributed by atoms with van der Waals surface area (Å²) in [5.41, 5.74) is 0. The highest BCUT2D eigenvalue weighted by atomic mass is 33.1. The van der Waals surface area contributed by atoms with Crippen molar-refractivity contribution in [3.63, 3.8) is 0 Å². The van der Waals surface area contributed by atoms with Crippen LogP contribution in [0.1, 0.15) is 32.1 Å². The molecule has 2 aliphatic rings. The predicted octanol–water partition coefficient (Wildman–Crippen LogP) is 2.06. The van der Waals surface area contributed by atoms with E-state index < -0.39 is 0 Å². The van der Waals surface area contributed by atoms with Crippen LogP contribution in [0.15, 0.2) is 0 Å². The van der Waals surface area contributed by atoms with Crippen LogP contribution in [0.2, 0.25) is 0 Å². The van der Waals surface area contributed by atoms with E-state index in [1.54, 1.807) is 0 Å². The topological polar surface area (TPSA) is 35.6 Å². The molecule has 0 aliphatic carbocycles.